The predicted molar refractivity (Wildman–Crippen MR) is 100 cm³/mol. The highest BCUT2D eigenvalue weighted by Gasteiger charge is 2.11. The fraction of sp³-hybridized carbons (Fsp3) is 0.0952. The van der Waals surface area contributed by atoms with Gasteiger partial charge < -0.3 is 4.74 Å². The number of rotatable bonds is 4. The van der Waals surface area contributed by atoms with Crippen LogP contribution in [0.15, 0.2) is 61.1 Å². The zero-order valence-electron chi connectivity index (χ0n) is 14.8. The number of hydrogen-bond donors (Lipinski definition) is 0. The maximum absolute atomic E-state index is 12.3. The highest BCUT2D eigenvalue weighted by Crippen LogP contribution is 2.27. The van der Waals surface area contributed by atoms with Crippen molar-refractivity contribution in [1.29, 1.82) is 5.26 Å². The number of halogens is 2. The van der Waals surface area contributed by atoms with Gasteiger partial charge >= 0.3 is 6.61 Å². The van der Waals surface area contributed by atoms with Crippen LogP contribution >= 0.6 is 0 Å². The lowest BCUT2D eigenvalue weighted by Crippen LogP contribution is -2.02. The van der Waals surface area contributed by atoms with E-state index >= 15 is 0 Å². The topological polar surface area (TPSA) is 63.7 Å². The molecule has 2 aromatic heterocycles. The summed E-state index contributed by atoms with van der Waals surface area (Å²) in [6.45, 7) is -0.926. The van der Waals surface area contributed by atoms with Crippen LogP contribution in [-0.4, -0.2) is 21.1 Å². The normalized spacial score (nSPS) is 11.0. The van der Waals surface area contributed by atoms with Gasteiger partial charge in [-0.15, -0.1) is 0 Å². The summed E-state index contributed by atoms with van der Waals surface area (Å²) in [5, 5.41) is 9.04. The first-order valence-electron chi connectivity index (χ1n) is 8.44. The Morgan fingerprint density at radius 1 is 1.07 bits per heavy atom. The Morgan fingerprint density at radius 2 is 1.86 bits per heavy atom. The van der Waals surface area contributed by atoms with Gasteiger partial charge in [0.15, 0.2) is 0 Å². The van der Waals surface area contributed by atoms with Gasteiger partial charge in [0.2, 0.25) is 0 Å². The van der Waals surface area contributed by atoms with Crippen LogP contribution in [0.25, 0.3) is 28.0 Å². The number of pyridine rings is 1. The molecule has 4 aromatic rings. The summed E-state index contributed by atoms with van der Waals surface area (Å²) < 4.78 is 30.9. The minimum atomic E-state index is -2.86. The van der Waals surface area contributed by atoms with Gasteiger partial charge in [-0.3, -0.25) is 9.55 Å². The number of hydrogen-bond acceptors (Lipinski definition) is 4. The van der Waals surface area contributed by atoms with Crippen LogP contribution in [0.5, 0.6) is 5.75 Å². The molecule has 0 radical (unpaired) electrons. The molecule has 0 aliphatic carbocycles. The van der Waals surface area contributed by atoms with Crippen molar-refractivity contribution in [2.75, 3.05) is 0 Å². The highest BCUT2D eigenvalue weighted by molar-refractivity contribution is 5.81. The van der Waals surface area contributed by atoms with Crippen molar-refractivity contribution in [2.24, 2.45) is 0 Å². The zero-order valence-corrected chi connectivity index (χ0v) is 14.8. The summed E-state index contributed by atoms with van der Waals surface area (Å²) in [5.41, 5.74) is 5.53. The molecule has 7 heteroatoms. The van der Waals surface area contributed by atoms with Gasteiger partial charge in [0.1, 0.15) is 17.6 Å². The average molecular weight is 376 g/mol. The van der Waals surface area contributed by atoms with Crippen molar-refractivity contribution in [2.45, 2.75) is 13.5 Å². The number of benzene rings is 2. The molecule has 0 saturated carbocycles. The Hall–Kier alpha value is -3.79. The second-order valence-electron chi connectivity index (χ2n) is 6.19. The molecule has 0 fully saturated rings. The van der Waals surface area contributed by atoms with E-state index in [-0.39, 0.29) is 5.75 Å². The van der Waals surface area contributed by atoms with Crippen molar-refractivity contribution in [3.05, 3.63) is 72.2 Å². The van der Waals surface area contributed by atoms with Crippen molar-refractivity contribution < 1.29 is 13.5 Å². The Balaban J connectivity index is 1.76. The van der Waals surface area contributed by atoms with Crippen LogP contribution in [-0.2, 0) is 0 Å². The third-order valence-corrected chi connectivity index (χ3v) is 4.41. The quantitative estimate of drug-likeness (QED) is 0.510. The molecule has 0 bridgehead atoms. The summed E-state index contributed by atoms with van der Waals surface area (Å²) in [6.07, 6.45) is 3.35. The first-order chi connectivity index (χ1) is 13.5. The van der Waals surface area contributed by atoms with E-state index in [0.717, 1.165) is 28.0 Å². The maximum Gasteiger partial charge on any atom is 0.387 e. The van der Waals surface area contributed by atoms with E-state index < -0.39 is 6.61 Å². The lowest BCUT2D eigenvalue weighted by Gasteiger charge is -2.09. The minimum Gasteiger partial charge on any atom is -0.435 e. The molecule has 4 rings (SSSR count). The van der Waals surface area contributed by atoms with Gasteiger partial charge in [0.05, 0.1) is 29.0 Å². The number of imidazole rings is 1. The molecular formula is C21H14F2N4O. The fourth-order valence-corrected chi connectivity index (χ4v) is 3.07. The van der Waals surface area contributed by atoms with Crippen LogP contribution < -0.4 is 4.74 Å². The second kappa shape index (κ2) is 7.08. The first kappa shape index (κ1) is 17.6. The van der Waals surface area contributed by atoms with E-state index in [1.807, 2.05) is 29.7 Å². The number of nitrogens with zero attached hydrogens (tertiary/aromatic N) is 4. The molecule has 0 N–H and O–H groups in total. The van der Waals surface area contributed by atoms with Gasteiger partial charge in [-0.1, -0.05) is 6.07 Å². The number of ether oxygens (including phenoxy) is 1. The lowest BCUT2D eigenvalue weighted by atomic mass is 10.0. The molecule has 2 aromatic carbocycles. The van der Waals surface area contributed by atoms with Crippen molar-refractivity contribution in [3.8, 4) is 28.8 Å². The molecule has 28 heavy (non-hydrogen) atoms. The van der Waals surface area contributed by atoms with Crippen LogP contribution in [0.3, 0.4) is 0 Å². The Morgan fingerprint density at radius 3 is 2.54 bits per heavy atom. The first-order valence-corrected chi connectivity index (χ1v) is 8.44. The van der Waals surface area contributed by atoms with Gasteiger partial charge in [-0.05, 0) is 55.0 Å². The van der Waals surface area contributed by atoms with Gasteiger partial charge in [0.25, 0.3) is 0 Å². The van der Waals surface area contributed by atoms with Crippen molar-refractivity contribution in [3.63, 3.8) is 0 Å². The number of alkyl halides is 2. The molecule has 0 aliphatic rings. The number of aromatic nitrogens is 3. The second-order valence-corrected chi connectivity index (χ2v) is 6.19. The van der Waals surface area contributed by atoms with Crippen molar-refractivity contribution >= 4 is 11.0 Å². The third kappa shape index (κ3) is 3.28. The molecule has 0 unspecified atom stereocenters. The largest absolute Gasteiger partial charge is 0.435 e. The van der Waals surface area contributed by atoms with Crippen LogP contribution in [0, 0.1) is 18.3 Å². The summed E-state index contributed by atoms with van der Waals surface area (Å²) in [5.74, 6) is 0.0960. The molecular weight excluding hydrogens is 362 g/mol. The number of aryl methyl sites for hydroxylation is 1. The SMILES string of the molecule is Cc1cc(C#N)ccc1-c1cc2c(cn1)ncn2-c1ccc(OC(F)F)cc1. The van der Waals surface area contributed by atoms with Gasteiger partial charge in [-0.2, -0.15) is 14.0 Å². The van der Waals surface area contributed by atoms with Crippen LogP contribution in [0.1, 0.15) is 11.1 Å². The molecule has 0 amide bonds. The summed E-state index contributed by atoms with van der Waals surface area (Å²) in [6, 6.07) is 15.8. The van der Waals surface area contributed by atoms with Gasteiger partial charge in [0, 0.05) is 11.3 Å². The standard InChI is InChI=1S/C21H14F2N4O/c1-13-8-14(10-24)2-7-17(13)18-9-20-19(11-25-18)26-12-27(20)15-3-5-16(6-4-15)28-21(22)23/h2-9,11-12,21H,1H3. The molecule has 5 nitrogen and oxygen atoms in total. The van der Waals surface area contributed by atoms with Crippen LogP contribution in [0.2, 0.25) is 0 Å². The Kier molecular flexibility index (Phi) is 4.45. The van der Waals surface area contributed by atoms with Gasteiger partial charge in [-0.25, -0.2) is 4.98 Å². The minimum absolute atomic E-state index is 0.0960. The molecule has 0 saturated heterocycles. The van der Waals surface area contributed by atoms with E-state index in [4.69, 9.17) is 5.26 Å². The highest BCUT2D eigenvalue weighted by atomic mass is 19.3. The van der Waals surface area contributed by atoms with E-state index in [1.54, 1.807) is 30.7 Å². The van der Waals surface area contributed by atoms with Crippen molar-refractivity contribution in [1.82, 2.24) is 14.5 Å². The van der Waals surface area contributed by atoms with Crippen LogP contribution in [0.4, 0.5) is 8.78 Å². The Bertz CT molecular complexity index is 1190. The summed E-state index contributed by atoms with van der Waals surface area (Å²) in [4.78, 5) is 8.84. The fourth-order valence-electron chi connectivity index (χ4n) is 3.07. The Labute approximate surface area is 159 Å². The smallest absolute Gasteiger partial charge is 0.387 e. The summed E-state index contributed by atoms with van der Waals surface area (Å²) >= 11 is 0. The third-order valence-electron chi connectivity index (χ3n) is 4.41. The molecule has 138 valence electrons. The monoisotopic (exact) mass is 376 g/mol. The molecule has 0 spiro atoms. The molecule has 0 aliphatic heterocycles. The zero-order chi connectivity index (χ0) is 19.7. The van der Waals surface area contributed by atoms with E-state index in [2.05, 4.69) is 20.8 Å². The van der Waals surface area contributed by atoms with E-state index in [0.29, 0.717) is 11.1 Å². The maximum atomic E-state index is 12.3. The number of nitriles is 1. The summed E-state index contributed by atoms with van der Waals surface area (Å²) in [7, 11) is 0. The average Bonchev–Trinajstić information content (AvgIpc) is 3.11. The number of fused-ring (bicyclic) bond motifs is 1. The van der Waals surface area contributed by atoms with E-state index in [1.165, 1.54) is 12.1 Å². The van der Waals surface area contributed by atoms with E-state index in [9.17, 15) is 8.78 Å². The molecule has 0 atom stereocenters. The molecule has 2 heterocycles. The predicted octanol–water partition coefficient (Wildman–Crippen LogP) is 4.87. The lowest BCUT2D eigenvalue weighted by molar-refractivity contribution is -0.0498.